The number of alkyl halides is 3. The Morgan fingerprint density at radius 1 is 1.04 bits per heavy atom. The third kappa shape index (κ3) is 4.02. The van der Waals surface area contributed by atoms with E-state index in [4.69, 9.17) is 4.74 Å². The largest absolute Gasteiger partial charge is 0.437 e. The normalized spacial score (nSPS) is 11.2. The van der Waals surface area contributed by atoms with Crippen molar-refractivity contribution in [3.63, 3.8) is 0 Å². The number of carbonyl (C=O) groups excluding carboxylic acids is 1. The first-order chi connectivity index (χ1) is 12.4. The third-order valence-electron chi connectivity index (χ3n) is 3.49. The molecule has 2 aromatic carbocycles. The smallest absolute Gasteiger partial charge is 0.406 e. The van der Waals surface area contributed by atoms with Gasteiger partial charge in [-0.25, -0.2) is 9.48 Å². The zero-order valence-electron chi connectivity index (χ0n) is 13.4. The lowest BCUT2D eigenvalue weighted by Crippen LogP contribution is -2.27. The number of benzene rings is 2. The van der Waals surface area contributed by atoms with E-state index in [1.54, 1.807) is 42.5 Å². The molecule has 0 bridgehead atoms. The Kier molecular flexibility index (Phi) is 4.92. The van der Waals surface area contributed by atoms with E-state index in [2.05, 4.69) is 10.4 Å². The molecule has 0 aliphatic rings. The standard InChI is InChI=1S/C18H14F3N3O2/c19-18(20,21)16-15(12-23-24(16)14-9-5-2-6-10-14)26-17(25)22-11-13-7-3-1-4-8-13/h1-10,12H,11H2,(H,22,25). The number of halogens is 3. The second-order valence-corrected chi connectivity index (χ2v) is 5.33. The van der Waals surface area contributed by atoms with Gasteiger partial charge in [0.05, 0.1) is 11.9 Å². The van der Waals surface area contributed by atoms with Gasteiger partial charge >= 0.3 is 12.3 Å². The van der Waals surface area contributed by atoms with Gasteiger partial charge in [0.1, 0.15) is 0 Å². The van der Waals surface area contributed by atoms with Crippen molar-refractivity contribution in [2.24, 2.45) is 0 Å². The molecule has 1 N–H and O–H groups in total. The molecule has 5 nitrogen and oxygen atoms in total. The van der Waals surface area contributed by atoms with Gasteiger partial charge in [0, 0.05) is 6.54 Å². The maximum absolute atomic E-state index is 13.5. The molecule has 3 aromatic rings. The highest BCUT2D eigenvalue weighted by Gasteiger charge is 2.40. The van der Waals surface area contributed by atoms with Crippen molar-refractivity contribution in [2.75, 3.05) is 0 Å². The fraction of sp³-hybridized carbons (Fsp3) is 0.111. The Labute approximate surface area is 147 Å². The highest BCUT2D eigenvalue weighted by Crippen LogP contribution is 2.37. The van der Waals surface area contributed by atoms with Crippen molar-refractivity contribution < 1.29 is 22.7 Å². The molecule has 134 valence electrons. The third-order valence-corrected chi connectivity index (χ3v) is 3.49. The summed E-state index contributed by atoms with van der Waals surface area (Å²) in [7, 11) is 0. The van der Waals surface area contributed by atoms with E-state index in [-0.39, 0.29) is 12.2 Å². The first kappa shape index (κ1) is 17.5. The lowest BCUT2D eigenvalue weighted by molar-refractivity contribution is -0.143. The monoisotopic (exact) mass is 361 g/mol. The first-order valence-electron chi connectivity index (χ1n) is 7.65. The van der Waals surface area contributed by atoms with Crippen LogP contribution in [0.2, 0.25) is 0 Å². The number of hydrogen-bond donors (Lipinski definition) is 1. The molecule has 3 rings (SSSR count). The molecule has 0 saturated heterocycles. The van der Waals surface area contributed by atoms with Crippen LogP contribution in [0.1, 0.15) is 11.3 Å². The summed E-state index contributed by atoms with van der Waals surface area (Å²) in [5.74, 6) is -0.660. The fourth-order valence-corrected chi connectivity index (χ4v) is 2.34. The number of hydrogen-bond acceptors (Lipinski definition) is 3. The average molecular weight is 361 g/mol. The van der Waals surface area contributed by atoms with Gasteiger partial charge in [-0.3, -0.25) is 0 Å². The first-order valence-corrected chi connectivity index (χ1v) is 7.65. The van der Waals surface area contributed by atoms with Gasteiger partial charge < -0.3 is 10.1 Å². The molecule has 26 heavy (non-hydrogen) atoms. The van der Waals surface area contributed by atoms with Crippen molar-refractivity contribution in [2.45, 2.75) is 12.7 Å². The molecule has 0 aliphatic heterocycles. The predicted molar refractivity (Wildman–Crippen MR) is 87.9 cm³/mol. The van der Waals surface area contributed by atoms with E-state index in [0.717, 1.165) is 11.8 Å². The maximum Gasteiger partial charge on any atom is 0.437 e. The van der Waals surface area contributed by atoms with Gasteiger partial charge in [0.2, 0.25) is 0 Å². The molecule has 0 aliphatic carbocycles. The number of ether oxygens (including phenoxy) is 1. The van der Waals surface area contributed by atoms with Gasteiger partial charge in [-0.15, -0.1) is 0 Å². The van der Waals surface area contributed by atoms with Crippen LogP contribution >= 0.6 is 0 Å². The zero-order chi connectivity index (χ0) is 18.6. The molecule has 0 unspecified atom stereocenters. The predicted octanol–water partition coefficient (Wildman–Crippen LogP) is 4.18. The van der Waals surface area contributed by atoms with Crippen LogP contribution in [0.25, 0.3) is 5.69 Å². The van der Waals surface area contributed by atoms with Crippen molar-refractivity contribution in [3.05, 3.63) is 78.1 Å². The number of aromatic nitrogens is 2. The Morgan fingerprint density at radius 2 is 1.65 bits per heavy atom. The number of para-hydroxylation sites is 1. The zero-order valence-corrected chi connectivity index (χ0v) is 13.4. The van der Waals surface area contributed by atoms with Gasteiger partial charge in [0.25, 0.3) is 0 Å². The van der Waals surface area contributed by atoms with Crippen molar-refractivity contribution in [1.82, 2.24) is 15.1 Å². The molecule has 0 atom stereocenters. The summed E-state index contributed by atoms with van der Waals surface area (Å²) < 4.78 is 45.9. The van der Waals surface area contributed by atoms with E-state index in [1.807, 2.05) is 6.07 Å². The van der Waals surface area contributed by atoms with E-state index >= 15 is 0 Å². The summed E-state index contributed by atoms with van der Waals surface area (Å²) in [6.07, 6.45) is -4.87. The van der Waals surface area contributed by atoms with Crippen molar-refractivity contribution >= 4 is 6.09 Å². The number of nitrogens with one attached hydrogen (secondary N) is 1. The molecule has 1 amide bonds. The molecule has 1 heterocycles. The Morgan fingerprint density at radius 3 is 2.27 bits per heavy atom. The Bertz CT molecular complexity index is 878. The molecule has 0 radical (unpaired) electrons. The quantitative estimate of drug-likeness (QED) is 0.758. The molecular weight excluding hydrogens is 347 g/mol. The van der Waals surface area contributed by atoms with E-state index in [0.29, 0.717) is 4.68 Å². The van der Waals surface area contributed by atoms with Crippen LogP contribution in [0.3, 0.4) is 0 Å². The van der Waals surface area contributed by atoms with Crippen LogP contribution in [0.4, 0.5) is 18.0 Å². The van der Waals surface area contributed by atoms with Crippen molar-refractivity contribution in [3.8, 4) is 11.4 Å². The minimum atomic E-state index is -4.75. The van der Waals surface area contributed by atoms with Crippen LogP contribution in [-0.2, 0) is 12.7 Å². The lowest BCUT2D eigenvalue weighted by atomic mass is 10.2. The highest BCUT2D eigenvalue weighted by atomic mass is 19.4. The molecule has 0 fully saturated rings. The van der Waals surface area contributed by atoms with Gasteiger partial charge in [-0.05, 0) is 17.7 Å². The summed E-state index contributed by atoms with van der Waals surface area (Å²) in [5, 5.41) is 6.13. The number of nitrogens with zero attached hydrogens (tertiary/aromatic N) is 2. The van der Waals surface area contributed by atoms with E-state index in [9.17, 15) is 18.0 Å². The van der Waals surface area contributed by atoms with Crippen LogP contribution in [-0.4, -0.2) is 15.9 Å². The average Bonchev–Trinajstić information content (AvgIpc) is 3.05. The minimum Gasteiger partial charge on any atom is -0.406 e. The van der Waals surface area contributed by atoms with Gasteiger partial charge in [-0.2, -0.15) is 18.3 Å². The summed E-state index contributed by atoms with van der Waals surface area (Å²) in [4.78, 5) is 11.9. The number of carbonyl (C=O) groups is 1. The van der Waals surface area contributed by atoms with E-state index < -0.39 is 23.7 Å². The summed E-state index contributed by atoms with van der Waals surface area (Å²) in [5.41, 5.74) is -0.154. The van der Waals surface area contributed by atoms with Crippen LogP contribution in [0.15, 0.2) is 66.9 Å². The summed E-state index contributed by atoms with van der Waals surface area (Å²) in [6, 6.07) is 16.7. The van der Waals surface area contributed by atoms with Crippen molar-refractivity contribution in [1.29, 1.82) is 0 Å². The molecule has 0 spiro atoms. The Hall–Kier alpha value is -3.29. The van der Waals surface area contributed by atoms with E-state index in [1.165, 1.54) is 12.1 Å². The maximum atomic E-state index is 13.5. The molecular formula is C18H14F3N3O2. The van der Waals surface area contributed by atoms with Crippen LogP contribution < -0.4 is 10.1 Å². The summed E-state index contributed by atoms with van der Waals surface area (Å²) >= 11 is 0. The Balaban J connectivity index is 1.79. The highest BCUT2D eigenvalue weighted by molar-refractivity contribution is 5.70. The second kappa shape index (κ2) is 7.30. The minimum absolute atomic E-state index is 0.133. The molecule has 1 aromatic heterocycles. The van der Waals surface area contributed by atoms with Crippen LogP contribution in [0.5, 0.6) is 5.75 Å². The molecule has 8 heteroatoms. The number of rotatable bonds is 4. The topological polar surface area (TPSA) is 56.1 Å². The summed E-state index contributed by atoms with van der Waals surface area (Å²) in [6.45, 7) is 0.133. The van der Waals surface area contributed by atoms with Gasteiger partial charge in [-0.1, -0.05) is 48.5 Å². The SMILES string of the molecule is O=C(NCc1ccccc1)Oc1cnn(-c2ccccc2)c1C(F)(F)F. The molecule has 0 saturated carbocycles. The second-order valence-electron chi connectivity index (χ2n) is 5.33. The lowest BCUT2D eigenvalue weighted by Gasteiger charge is -2.12. The number of amides is 1. The van der Waals surface area contributed by atoms with Crippen LogP contribution in [0, 0.1) is 0 Å². The van der Waals surface area contributed by atoms with Gasteiger partial charge in [0.15, 0.2) is 11.4 Å². The fourth-order valence-electron chi connectivity index (χ4n) is 2.34.